The second kappa shape index (κ2) is 8.39. The number of rotatable bonds is 7. The van der Waals surface area contributed by atoms with Crippen molar-refractivity contribution in [2.24, 2.45) is 0 Å². The van der Waals surface area contributed by atoms with E-state index in [-0.39, 0.29) is 0 Å². The Morgan fingerprint density at radius 2 is 1.82 bits per heavy atom. The molecule has 2 aromatic carbocycles. The molecule has 0 aliphatic carbocycles. The van der Waals surface area contributed by atoms with Crippen LogP contribution in [0.15, 0.2) is 60.8 Å². The summed E-state index contributed by atoms with van der Waals surface area (Å²) >= 11 is 3.40. The van der Waals surface area contributed by atoms with E-state index in [2.05, 4.69) is 36.3 Å². The fourth-order valence-corrected chi connectivity index (χ4v) is 3.12. The van der Waals surface area contributed by atoms with Gasteiger partial charge in [-0.05, 0) is 49.7 Å². The maximum absolute atomic E-state index is 5.70. The van der Waals surface area contributed by atoms with Crippen LogP contribution in [0.25, 0.3) is 16.7 Å². The number of para-hydroxylation sites is 1. The van der Waals surface area contributed by atoms with E-state index < -0.39 is 0 Å². The van der Waals surface area contributed by atoms with Crippen LogP contribution in [0.1, 0.15) is 12.2 Å². The van der Waals surface area contributed by atoms with E-state index in [4.69, 9.17) is 4.74 Å². The fraction of sp³-hybridized carbons (Fsp3) is 0.190. The van der Waals surface area contributed by atoms with Gasteiger partial charge in [0.25, 0.3) is 0 Å². The van der Waals surface area contributed by atoms with Gasteiger partial charge in [0.1, 0.15) is 17.4 Å². The van der Waals surface area contributed by atoms with Crippen molar-refractivity contribution in [3.63, 3.8) is 0 Å². The number of benzene rings is 2. The molecule has 0 fully saturated rings. The van der Waals surface area contributed by atoms with Crippen LogP contribution in [0.3, 0.4) is 0 Å². The van der Waals surface area contributed by atoms with Crippen molar-refractivity contribution in [1.82, 2.24) is 19.7 Å². The zero-order valence-corrected chi connectivity index (χ0v) is 17.1. The zero-order chi connectivity index (χ0) is 19.3. The number of halogens is 1. The number of ether oxygens (including phenoxy) is 1. The molecule has 0 saturated heterocycles. The number of nitrogens with one attached hydrogen (secondary N) is 1. The molecule has 0 amide bonds. The lowest BCUT2D eigenvalue weighted by molar-refractivity contribution is 0.319. The summed E-state index contributed by atoms with van der Waals surface area (Å²) in [4.78, 5) is 9.17. The summed E-state index contributed by atoms with van der Waals surface area (Å²) in [6.07, 6.45) is 2.77. The summed E-state index contributed by atoms with van der Waals surface area (Å²) < 4.78 is 7.53. The Morgan fingerprint density at radius 1 is 1.04 bits per heavy atom. The molecule has 0 atom stereocenters. The molecule has 0 spiro atoms. The normalized spacial score (nSPS) is 10.9. The van der Waals surface area contributed by atoms with Gasteiger partial charge < -0.3 is 10.1 Å². The van der Waals surface area contributed by atoms with Crippen LogP contribution in [-0.2, 0) is 0 Å². The first-order valence-corrected chi connectivity index (χ1v) is 10.2. The number of nitrogens with zero attached hydrogens (tertiary/aromatic N) is 4. The van der Waals surface area contributed by atoms with Crippen LogP contribution in [-0.4, -0.2) is 31.7 Å². The van der Waals surface area contributed by atoms with Gasteiger partial charge in [-0.25, -0.2) is 14.6 Å². The standard InChI is InChI=1S/C21H20BrN5O/c1-15-24-20(26-16-8-10-18(11-9-16)28-13-5-12-22)19-14-23-27(21(19)25-15)17-6-3-2-4-7-17/h2-4,6-11,14H,5,12-13H2,1H3,(H,24,25,26). The number of hydrogen-bond donors (Lipinski definition) is 1. The van der Waals surface area contributed by atoms with Crippen molar-refractivity contribution in [3.05, 3.63) is 66.6 Å². The summed E-state index contributed by atoms with van der Waals surface area (Å²) in [6.45, 7) is 2.58. The first kappa shape index (κ1) is 18.4. The summed E-state index contributed by atoms with van der Waals surface area (Å²) in [6, 6.07) is 17.8. The van der Waals surface area contributed by atoms with Crippen LogP contribution in [0.2, 0.25) is 0 Å². The van der Waals surface area contributed by atoms with Crippen LogP contribution in [0.5, 0.6) is 5.75 Å². The SMILES string of the molecule is Cc1nc(Nc2ccc(OCCCBr)cc2)c2cnn(-c3ccccc3)c2n1. The Labute approximate surface area is 171 Å². The van der Waals surface area contributed by atoms with Gasteiger partial charge in [0.2, 0.25) is 0 Å². The van der Waals surface area contributed by atoms with Crippen LogP contribution < -0.4 is 10.1 Å². The van der Waals surface area contributed by atoms with Gasteiger partial charge in [-0.1, -0.05) is 34.1 Å². The predicted octanol–water partition coefficient (Wildman–Crippen LogP) is 5.03. The van der Waals surface area contributed by atoms with Gasteiger partial charge in [0.15, 0.2) is 5.65 Å². The molecule has 142 valence electrons. The molecule has 0 saturated carbocycles. The fourth-order valence-electron chi connectivity index (χ4n) is 2.89. The number of aromatic nitrogens is 4. The number of fused-ring (bicyclic) bond motifs is 1. The number of hydrogen-bond acceptors (Lipinski definition) is 5. The van der Waals surface area contributed by atoms with Crippen molar-refractivity contribution in [3.8, 4) is 11.4 Å². The minimum absolute atomic E-state index is 0.683. The second-order valence-corrected chi connectivity index (χ2v) is 7.08. The van der Waals surface area contributed by atoms with Gasteiger partial charge in [-0.3, -0.25) is 0 Å². The molecule has 28 heavy (non-hydrogen) atoms. The molecule has 0 radical (unpaired) electrons. The van der Waals surface area contributed by atoms with Crippen molar-refractivity contribution < 1.29 is 4.74 Å². The Hall–Kier alpha value is -2.93. The molecule has 4 rings (SSSR count). The van der Waals surface area contributed by atoms with Gasteiger partial charge in [-0.15, -0.1) is 0 Å². The van der Waals surface area contributed by atoms with E-state index in [0.29, 0.717) is 12.4 Å². The predicted molar refractivity (Wildman–Crippen MR) is 115 cm³/mol. The largest absolute Gasteiger partial charge is 0.494 e. The molecule has 2 heterocycles. The van der Waals surface area contributed by atoms with E-state index in [0.717, 1.165) is 45.7 Å². The summed E-state index contributed by atoms with van der Waals surface area (Å²) in [5.74, 6) is 2.27. The van der Waals surface area contributed by atoms with Crippen LogP contribution >= 0.6 is 15.9 Å². The molecule has 0 aliphatic rings. The summed E-state index contributed by atoms with van der Waals surface area (Å²) in [5.41, 5.74) is 2.67. The second-order valence-electron chi connectivity index (χ2n) is 6.29. The van der Waals surface area contributed by atoms with Gasteiger partial charge in [0.05, 0.1) is 23.9 Å². The van der Waals surface area contributed by atoms with Crippen molar-refractivity contribution in [2.45, 2.75) is 13.3 Å². The molecule has 0 bridgehead atoms. The summed E-state index contributed by atoms with van der Waals surface area (Å²) in [5, 5.41) is 9.70. The van der Waals surface area contributed by atoms with E-state index in [1.54, 1.807) is 6.20 Å². The van der Waals surface area contributed by atoms with E-state index in [1.165, 1.54) is 0 Å². The maximum Gasteiger partial charge on any atom is 0.168 e. The number of aryl methyl sites for hydroxylation is 1. The third-order valence-corrected chi connectivity index (χ3v) is 4.77. The molecular weight excluding hydrogens is 418 g/mol. The average molecular weight is 438 g/mol. The molecular formula is C21H20BrN5O. The molecule has 6 nitrogen and oxygen atoms in total. The van der Waals surface area contributed by atoms with Crippen molar-refractivity contribution in [2.75, 3.05) is 17.3 Å². The van der Waals surface area contributed by atoms with Gasteiger partial charge in [0, 0.05) is 11.0 Å². The van der Waals surface area contributed by atoms with E-state index in [9.17, 15) is 0 Å². The Bertz CT molecular complexity index is 1060. The monoisotopic (exact) mass is 437 g/mol. The van der Waals surface area contributed by atoms with Crippen LogP contribution in [0, 0.1) is 6.92 Å². The number of anilines is 2. The lowest BCUT2D eigenvalue weighted by atomic mass is 10.3. The molecule has 0 aliphatic heterocycles. The molecule has 4 aromatic rings. The highest BCUT2D eigenvalue weighted by Gasteiger charge is 2.13. The minimum Gasteiger partial charge on any atom is -0.494 e. The number of alkyl halides is 1. The lowest BCUT2D eigenvalue weighted by Gasteiger charge is -2.10. The highest BCUT2D eigenvalue weighted by atomic mass is 79.9. The Kier molecular flexibility index (Phi) is 5.53. The Morgan fingerprint density at radius 3 is 2.57 bits per heavy atom. The lowest BCUT2D eigenvalue weighted by Crippen LogP contribution is -2.02. The molecule has 2 aromatic heterocycles. The minimum atomic E-state index is 0.683. The smallest absolute Gasteiger partial charge is 0.168 e. The van der Waals surface area contributed by atoms with E-state index >= 15 is 0 Å². The molecule has 0 unspecified atom stereocenters. The zero-order valence-electron chi connectivity index (χ0n) is 15.5. The van der Waals surface area contributed by atoms with Crippen molar-refractivity contribution in [1.29, 1.82) is 0 Å². The van der Waals surface area contributed by atoms with Crippen molar-refractivity contribution >= 4 is 38.5 Å². The average Bonchev–Trinajstić information content (AvgIpc) is 3.14. The van der Waals surface area contributed by atoms with Gasteiger partial charge >= 0.3 is 0 Å². The van der Waals surface area contributed by atoms with Gasteiger partial charge in [-0.2, -0.15) is 5.10 Å². The first-order chi connectivity index (χ1) is 13.7. The topological polar surface area (TPSA) is 64.9 Å². The molecule has 1 N–H and O–H groups in total. The summed E-state index contributed by atoms with van der Waals surface area (Å²) in [7, 11) is 0. The first-order valence-electron chi connectivity index (χ1n) is 9.08. The third kappa shape index (κ3) is 3.99. The van der Waals surface area contributed by atoms with E-state index in [1.807, 2.05) is 66.2 Å². The maximum atomic E-state index is 5.70. The van der Waals surface area contributed by atoms with Crippen LogP contribution in [0.4, 0.5) is 11.5 Å². The third-order valence-electron chi connectivity index (χ3n) is 4.20. The Balaban J connectivity index is 1.61. The highest BCUT2D eigenvalue weighted by Crippen LogP contribution is 2.26. The highest BCUT2D eigenvalue weighted by molar-refractivity contribution is 9.09. The molecule has 7 heteroatoms. The quantitative estimate of drug-likeness (QED) is 0.324.